The number of nitrogens with one attached hydrogen (secondary N) is 1. The molecule has 3 aromatic rings. The van der Waals surface area contributed by atoms with Crippen molar-refractivity contribution in [2.45, 2.75) is 48.4 Å². The number of hydrogen-bond acceptors (Lipinski definition) is 7. The molecule has 0 bridgehead atoms. The van der Waals surface area contributed by atoms with Crippen LogP contribution in [0.3, 0.4) is 0 Å². The number of aromatic nitrogens is 3. The highest BCUT2D eigenvalue weighted by Gasteiger charge is 2.22. The molecule has 0 atom stereocenters. The second-order valence-corrected chi connectivity index (χ2v) is 11.4. The van der Waals surface area contributed by atoms with Crippen molar-refractivity contribution in [2.75, 3.05) is 19.4 Å². The molecule has 0 amide bonds. The van der Waals surface area contributed by atoms with Crippen LogP contribution in [0.1, 0.15) is 42.5 Å². The van der Waals surface area contributed by atoms with Crippen LogP contribution in [0, 0.1) is 0 Å². The van der Waals surface area contributed by atoms with E-state index < -0.39 is 9.84 Å². The molecule has 4 rings (SSSR count). The Kier molecular flexibility index (Phi) is 8.15. The summed E-state index contributed by atoms with van der Waals surface area (Å²) in [5, 5.41) is 3.66. The summed E-state index contributed by atoms with van der Waals surface area (Å²) in [6.45, 7) is 0. The van der Waals surface area contributed by atoms with Crippen molar-refractivity contribution in [3.8, 4) is 0 Å². The highest BCUT2D eigenvalue weighted by molar-refractivity contribution is 7.90. The van der Waals surface area contributed by atoms with Crippen molar-refractivity contribution in [1.82, 2.24) is 19.9 Å². The highest BCUT2D eigenvalue weighted by Crippen LogP contribution is 2.25. The lowest BCUT2D eigenvalue weighted by atomic mass is 9.91. The fourth-order valence-corrected chi connectivity index (χ4v) is 6.05. The molecule has 35 heavy (non-hydrogen) atoms. The predicted octanol–water partition coefficient (Wildman–Crippen LogP) is 4.95. The van der Waals surface area contributed by atoms with Crippen LogP contribution in [0.25, 0.3) is 12.2 Å². The minimum absolute atomic E-state index is 0.117. The van der Waals surface area contributed by atoms with E-state index >= 15 is 0 Å². The number of benzene rings is 1. The molecule has 0 unspecified atom stereocenters. The number of nitrogens with zero attached hydrogens (tertiary/aromatic N) is 4. The lowest BCUT2D eigenvalue weighted by molar-refractivity contribution is 0.221. The van der Waals surface area contributed by atoms with E-state index in [4.69, 9.17) is 11.6 Å². The molecule has 0 aliphatic heterocycles. The first-order valence-electron chi connectivity index (χ1n) is 11.7. The molecule has 1 aromatic carbocycles. The van der Waals surface area contributed by atoms with Crippen LogP contribution < -0.4 is 5.32 Å². The van der Waals surface area contributed by atoms with Gasteiger partial charge in [0.25, 0.3) is 0 Å². The molecule has 7 nitrogen and oxygen atoms in total. The fourth-order valence-electron chi connectivity index (χ4n) is 4.20. The Hall–Kier alpha value is -2.81. The number of sulfone groups is 1. The van der Waals surface area contributed by atoms with Crippen molar-refractivity contribution in [3.63, 3.8) is 0 Å². The van der Waals surface area contributed by atoms with E-state index in [9.17, 15) is 8.42 Å². The maximum atomic E-state index is 12.7. The molecule has 0 saturated heterocycles. The number of anilines is 1. The summed E-state index contributed by atoms with van der Waals surface area (Å²) in [5.41, 5.74) is 2.18. The van der Waals surface area contributed by atoms with Gasteiger partial charge in [0.1, 0.15) is 0 Å². The van der Waals surface area contributed by atoms with Crippen LogP contribution in [-0.2, 0) is 15.6 Å². The van der Waals surface area contributed by atoms with Crippen molar-refractivity contribution >= 4 is 39.5 Å². The molecule has 0 radical (unpaired) electrons. The summed E-state index contributed by atoms with van der Waals surface area (Å²) in [7, 11) is 0.717. The van der Waals surface area contributed by atoms with Gasteiger partial charge >= 0.3 is 0 Å². The fraction of sp³-hybridized carbons (Fsp3) is 0.346. The highest BCUT2D eigenvalue weighted by atomic mass is 35.5. The first-order chi connectivity index (χ1) is 16.8. The van der Waals surface area contributed by atoms with E-state index in [-0.39, 0.29) is 15.7 Å². The average molecular weight is 512 g/mol. The zero-order chi connectivity index (χ0) is 24.8. The predicted molar refractivity (Wildman–Crippen MR) is 141 cm³/mol. The Morgan fingerprint density at radius 3 is 2.23 bits per heavy atom. The summed E-state index contributed by atoms with van der Waals surface area (Å²) < 4.78 is 25.3. The molecular formula is C26H30ClN5O2S. The Labute approximate surface area is 212 Å². The maximum absolute atomic E-state index is 12.7. The summed E-state index contributed by atoms with van der Waals surface area (Å²) >= 11 is 6.05. The van der Waals surface area contributed by atoms with Gasteiger partial charge in [0, 0.05) is 36.2 Å². The van der Waals surface area contributed by atoms with Crippen LogP contribution in [0.5, 0.6) is 0 Å². The van der Waals surface area contributed by atoms with E-state index in [1.807, 2.05) is 18.2 Å². The third-order valence-electron chi connectivity index (χ3n) is 6.26. The summed E-state index contributed by atoms with van der Waals surface area (Å²) in [5.74, 6) is 0.445. The lowest BCUT2D eigenvalue weighted by Crippen LogP contribution is -2.36. The van der Waals surface area contributed by atoms with Crippen molar-refractivity contribution in [2.24, 2.45) is 0 Å². The third kappa shape index (κ3) is 6.87. The number of pyridine rings is 1. The van der Waals surface area contributed by atoms with Crippen LogP contribution >= 0.6 is 11.6 Å². The second-order valence-electron chi connectivity index (χ2n) is 9.06. The molecule has 2 aromatic heterocycles. The van der Waals surface area contributed by atoms with Gasteiger partial charge in [-0.05, 0) is 63.5 Å². The van der Waals surface area contributed by atoms with Gasteiger partial charge in [-0.15, -0.1) is 0 Å². The largest absolute Gasteiger partial charge is 0.351 e. The Morgan fingerprint density at radius 1 is 0.943 bits per heavy atom. The van der Waals surface area contributed by atoms with Gasteiger partial charge in [-0.2, -0.15) is 0 Å². The first kappa shape index (κ1) is 25.3. The number of halogens is 1. The maximum Gasteiger partial charge on any atom is 0.222 e. The molecule has 1 fully saturated rings. The molecule has 1 aliphatic rings. The van der Waals surface area contributed by atoms with E-state index in [1.54, 1.807) is 42.9 Å². The average Bonchev–Trinajstić information content (AvgIpc) is 2.85. The van der Waals surface area contributed by atoms with E-state index in [1.165, 1.54) is 18.9 Å². The summed E-state index contributed by atoms with van der Waals surface area (Å²) in [6.07, 6.45) is 13.6. The lowest BCUT2D eigenvalue weighted by Gasteiger charge is -2.32. The van der Waals surface area contributed by atoms with Crippen LogP contribution in [0.4, 0.5) is 5.95 Å². The zero-order valence-electron chi connectivity index (χ0n) is 19.9. The van der Waals surface area contributed by atoms with E-state index in [2.05, 4.69) is 39.3 Å². The van der Waals surface area contributed by atoms with Crippen LogP contribution in [-0.4, -0.2) is 54.4 Å². The molecule has 0 spiro atoms. The number of rotatable bonds is 8. The SMILES string of the molecule is CN(C)C1CCC(Nc2ncc(/C=C/c3ccc(CS(=O)(=O)c4ccccc4Cl)nc3)cn2)CC1. The summed E-state index contributed by atoms with van der Waals surface area (Å²) in [4.78, 5) is 15.6. The van der Waals surface area contributed by atoms with Gasteiger partial charge in [0.15, 0.2) is 9.84 Å². The first-order valence-corrected chi connectivity index (χ1v) is 13.7. The minimum atomic E-state index is -3.57. The van der Waals surface area contributed by atoms with Crippen LogP contribution in [0.15, 0.2) is 59.9 Å². The van der Waals surface area contributed by atoms with Gasteiger partial charge in [0.2, 0.25) is 5.95 Å². The second kappa shape index (κ2) is 11.3. The van der Waals surface area contributed by atoms with Crippen molar-refractivity contribution < 1.29 is 8.42 Å². The molecule has 1 aliphatic carbocycles. The van der Waals surface area contributed by atoms with Gasteiger partial charge < -0.3 is 10.2 Å². The molecule has 2 heterocycles. The third-order valence-corrected chi connectivity index (χ3v) is 8.40. The Bertz CT molecular complexity index is 1250. The quantitative estimate of drug-likeness (QED) is 0.457. The normalized spacial score (nSPS) is 18.7. The van der Waals surface area contributed by atoms with Gasteiger partial charge in [-0.3, -0.25) is 4.98 Å². The zero-order valence-corrected chi connectivity index (χ0v) is 21.5. The molecule has 1 saturated carbocycles. The van der Waals surface area contributed by atoms with Gasteiger partial charge in [0.05, 0.1) is 21.4 Å². The van der Waals surface area contributed by atoms with Crippen molar-refractivity contribution in [3.05, 3.63) is 76.8 Å². The Balaban J connectivity index is 1.32. The van der Waals surface area contributed by atoms with Crippen molar-refractivity contribution in [1.29, 1.82) is 0 Å². The molecular weight excluding hydrogens is 482 g/mol. The van der Waals surface area contributed by atoms with Crippen LogP contribution in [0.2, 0.25) is 5.02 Å². The molecule has 184 valence electrons. The standard InChI is InChI=1S/C26H30ClN5O2S/c1-32(2)23-13-11-21(12-14-23)31-26-29-16-20(17-30-26)8-7-19-9-10-22(28-15-19)18-35(33,34)25-6-4-3-5-24(25)27/h3-10,15-17,21,23H,11-14,18H2,1-2H3,(H,29,30,31)/b8-7+. The molecule has 1 N–H and O–H groups in total. The topological polar surface area (TPSA) is 88.1 Å². The van der Waals surface area contributed by atoms with Gasteiger partial charge in [-0.1, -0.05) is 42.0 Å². The minimum Gasteiger partial charge on any atom is -0.351 e. The summed E-state index contributed by atoms with van der Waals surface area (Å²) in [6, 6.07) is 11.1. The number of hydrogen-bond donors (Lipinski definition) is 1. The molecule has 9 heteroatoms. The Morgan fingerprint density at radius 2 is 1.60 bits per heavy atom. The monoisotopic (exact) mass is 511 g/mol. The van der Waals surface area contributed by atoms with E-state index in [0.717, 1.165) is 24.0 Å². The van der Waals surface area contributed by atoms with Gasteiger partial charge in [-0.25, -0.2) is 18.4 Å². The smallest absolute Gasteiger partial charge is 0.222 e. The van der Waals surface area contributed by atoms with E-state index in [0.29, 0.717) is 23.7 Å².